The highest BCUT2D eigenvalue weighted by molar-refractivity contribution is 6.02. The van der Waals surface area contributed by atoms with Crippen LogP contribution in [0.15, 0.2) is 24.5 Å². The van der Waals surface area contributed by atoms with E-state index in [-0.39, 0.29) is 5.91 Å². The van der Waals surface area contributed by atoms with Crippen LogP contribution >= 0.6 is 0 Å². The number of pyridine rings is 1. The van der Waals surface area contributed by atoms with E-state index in [9.17, 15) is 4.79 Å². The monoisotopic (exact) mass is 258 g/mol. The quantitative estimate of drug-likeness (QED) is 0.831. The molecular weight excluding hydrogens is 244 g/mol. The molecule has 1 saturated heterocycles. The highest BCUT2D eigenvalue weighted by atomic mass is 16.2. The van der Waals surface area contributed by atoms with E-state index >= 15 is 0 Å². The van der Waals surface area contributed by atoms with Gasteiger partial charge in [0.15, 0.2) is 5.69 Å². The van der Waals surface area contributed by atoms with Crippen molar-refractivity contribution >= 4 is 11.7 Å². The van der Waals surface area contributed by atoms with Gasteiger partial charge >= 0.3 is 0 Å². The molecular formula is C12H14N6O. The first-order valence-corrected chi connectivity index (χ1v) is 6.09. The SMILES string of the molecule is Cc1ccnc(NC(=O)c2cn(C3CNC3)nn2)c1. The van der Waals surface area contributed by atoms with Crippen molar-refractivity contribution in [3.8, 4) is 0 Å². The minimum Gasteiger partial charge on any atom is -0.312 e. The van der Waals surface area contributed by atoms with Gasteiger partial charge in [-0.3, -0.25) is 4.79 Å². The van der Waals surface area contributed by atoms with Gasteiger partial charge in [0.25, 0.3) is 5.91 Å². The van der Waals surface area contributed by atoms with Gasteiger partial charge in [0, 0.05) is 19.3 Å². The summed E-state index contributed by atoms with van der Waals surface area (Å²) < 4.78 is 1.72. The third-order valence-electron chi connectivity index (χ3n) is 3.03. The van der Waals surface area contributed by atoms with Gasteiger partial charge in [-0.15, -0.1) is 5.10 Å². The van der Waals surface area contributed by atoms with E-state index in [0.29, 0.717) is 17.6 Å². The van der Waals surface area contributed by atoms with E-state index in [0.717, 1.165) is 18.7 Å². The number of aromatic nitrogens is 4. The standard InChI is InChI=1S/C12H14N6O/c1-8-2-3-14-11(4-8)15-12(19)10-7-18(17-16-10)9-5-13-6-9/h2-4,7,9,13H,5-6H2,1H3,(H,14,15,19). The summed E-state index contributed by atoms with van der Waals surface area (Å²) in [5.41, 5.74) is 1.34. The smallest absolute Gasteiger partial charge is 0.278 e. The lowest BCUT2D eigenvalue weighted by atomic mass is 10.2. The summed E-state index contributed by atoms with van der Waals surface area (Å²) in [7, 11) is 0. The van der Waals surface area contributed by atoms with E-state index < -0.39 is 0 Å². The van der Waals surface area contributed by atoms with Crippen LogP contribution in [0.3, 0.4) is 0 Å². The van der Waals surface area contributed by atoms with Crippen molar-refractivity contribution in [1.29, 1.82) is 0 Å². The molecule has 0 aliphatic carbocycles. The van der Waals surface area contributed by atoms with Crippen LogP contribution in [-0.2, 0) is 0 Å². The minimum absolute atomic E-state index is 0.295. The first-order chi connectivity index (χ1) is 9.22. The van der Waals surface area contributed by atoms with Gasteiger partial charge in [-0.25, -0.2) is 9.67 Å². The van der Waals surface area contributed by atoms with E-state index in [1.54, 1.807) is 23.1 Å². The molecule has 1 fully saturated rings. The molecule has 1 aliphatic heterocycles. The third kappa shape index (κ3) is 2.45. The van der Waals surface area contributed by atoms with Gasteiger partial charge in [-0.1, -0.05) is 5.21 Å². The summed E-state index contributed by atoms with van der Waals surface area (Å²) in [5.74, 6) is 0.224. The van der Waals surface area contributed by atoms with Crippen LogP contribution in [0.25, 0.3) is 0 Å². The van der Waals surface area contributed by atoms with Crippen molar-refractivity contribution in [2.75, 3.05) is 18.4 Å². The third-order valence-corrected chi connectivity index (χ3v) is 3.03. The summed E-state index contributed by atoms with van der Waals surface area (Å²) >= 11 is 0. The molecule has 7 nitrogen and oxygen atoms in total. The second-order valence-corrected chi connectivity index (χ2v) is 4.57. The van der Waals surface area contributed by atoms with Crippen molar-refractivity contribution in [2.24, 2.45) is 0 Å². The predicted octanol–water partition coefficient (Wildman–Crippen LogP) is 0.378. The van der Waals surface area contributed by atoms with Gasteiger partial charge in [-0.2, -0.15) is 0 Å². The van der Waals surface area contributed by atoms with E-state index in [1.807, 2.05) is 13.0 Å². The Balaban J connectivity index is 1.71. The molecule has 3 rings (SSSR count). The molecule has 0 radical (unpaired) electrons. The van der Waals surface area contributed by atoms with E-state index in [2.05, 4.69) is 25.9 Å². The highest BCUT2D eigenvalue weighted by Crippen LogP contribution is 2.11. The molecule has 2 N–H and O–H groups in total. The lowest BCUT2D eigenvalue weighted by Crippen LogP contribution is -2.43. The van der Waals surface area contributed by atoms with Gasteiger partial charge in [0.1, 0.15) is 5.82 Å². The Labute approximate surface area is 110 Å². The molecule has 0 saturated carbocycles. The van der Waals surface area contributed by atoms with Crippen LogP contribution in [0.5, 0.6) is 0 Å². The van der Waals surface area contributed by atoms with Crippen LogP contribution in [0, 0.1) is 6.92 Å². The maximum atomic E-state index is 12.0. The number of aryl methyl sites for hydroxylation is 1. The van der Waals surface area contributed by atoms with Crippen molar-refractivity contribution in [3.05, 3.63) is 35.8 Å². The fraction of sp³-hybridized carbons (Fsp3) is 0.333. The Morgan fingerprint density at radius 2 is 2.37 bits per heavy atom. The predicted molar refractivity (Wildman–Crippen MR) is 68.9 cm³/mol. The number of nitrogens with zero attached hydrogens (tertiary/aromatic N) is 4. The number of anilines is 1. The lowest BCUT2D eigenvalue weighted by molar-refractivity contribution is 0.102. The Kier molecular flexibility index (Phi) is 2.96. The van der Waals surface area contributed by atoms with Crippen LogP contribution < -0.4 is 10.6 Å². The summed E-state index contributed by atoms with van der Waals surface area (Å²) in [6, 6.07) is 3.97. The molecule has 0 atom stereocenters. The van der Waals surface area contributed by atoms with Crippen molar-refractivity contribution in [1.82, 2.24) is 25.3 Å². The number of nitrogens with one attached hydrogen (secondary N) is 2. The number of carbonyl (C=O) groups excluding carboxylic acids is 1. The molecule has 0 aromatic carbocycles. The molecule has 3 heterocycles. The summed E-state index contributed by atoms with van der Waals surface area (Å²) in [4.78, 5) is 16.1. The van der Waals surface area contributed by atoms with Gasteiger partial charge < -0.3 is 10.6 Å². The maximum Gasteiger partial charge on any atom is 0.278 e. The zero-order valence-electron chi connectivity index (χ0n) is 10.5. The largest absolute Gasteiger partial charge is 0.312 e. The van der Waals surface area contributed by atoms with Crippen LogP contribution in [0.1, 0.15) is 22.1 Å². The lowest BCUT2D eigenvalue weighted by Gasteiger charge is -2.26. The Bertz CT molecular complexity index is 604. The summed E-state index contributed by atoms with van der Waals surface area (Å²) in [6.45, 7) is 3.67. The van der Waals surface area contributed by atoms with E-state index in [4.69, 9.17) is 0 Å². The Hall–Kier alpha value is -2.28. The topological polar surface area (TPSA) is 84.7 Å². The van der Waals surface area contributed by atoms with E-state index in [1.165, 1.54) is 0 Å². The molecule has 0 bridgehead atoms. The number of hydrogen-bond donors (Lipinski definition) is 2. The molecule has 1 aliphatic rings. The molecule has 98 valence electrons. The van der Waals surface area contributed by atoms with Gasteiger partial charge in [0.2, 0.25) is 0 Å². The average Bonchev–Trinajstić information content (AvgIpc) is 2.76. The maximum absolute atomic E-state index is 12.0. The number of rotatable bonds is 3. The molecule has 0 spiro atoms. The van der Waals surface area contributed by atoms with Crippen LogP contribution in [0.4, 0.5) is 5.82 Å². The molecule has 0 unspecified atom stereocenters. The molecule has 2 aromatic rings. The molecule has 2 aromatic heterocycles. The molecule has 7 heteroatoms. The van der Waals surface area contributed by atoms with Gasteiger partial charge in [0.05, 0.1) is 12.2 Å². The summed E-state index contributed by atoms with van der Waals surface area (Å²) in [6.07, 6.45) is 3.32. The normalized spacial score (nSPS) is 15.0. The van der Waals surface area contributed by atoms with Crippen LogP contribution in [0.2, 0.25) is 0 Å². The van der Waals surface area contributed by atoms with Crippen molar-refractivity contribution in [3.63, 3.8) is 0 Å². The number of amides is 1. The zero-order chi connectivity index (χ0) is 13.2. The highest BCUT2D eigenvalue weighted by Gasteiger charge is 2.21. The summed E-state index contributed by atoms with van der Waals surface area (Å²) in [5, 5.41) is 13.7. The fourth-order valence-corrected chi connectivity index (χ4v) is 1.80. The number of hydrogen-bond acceptors (Lipinski definition) is 5. The second-order valence-electron chi connectivity index (χ2n) is 4.57. The van der Waals surface area contributed by atoms with Crippen molar-refractivity contribution in [2.45, 2.75) is 13.0 Å². The minimum atomic E-state index is -0.295. The van der Waals surface area contributed by atoms with Crippen LogP contribution in [-0.4, -0.2) is 39.0 Å². The average molecular weight is 258 g/mol. The Morgan fingerprint density at radius 3 is 3.05 bits per heavy atom. The second kappa shape index (κ2) is 4.77. The zero-order valence-corrected chi connectivity index (χ0v) is 10.5. The Morgan fingerprint density at radius 1 is 1.53 bits per heavy atom. The fourth-order valence-electron chi connectivity index (χ4n) is 1.80. The molecule has 1 amide bonds. The molecule has 19 heavy (non-hydrogen) atoms. The first-order valence-electron chi connectivity index (χ1n) is 6.09. The first kappa shape index (κ1) is 11.8. The van der Waals surface area contributed by atoms with Crippen molar-refractivity contribution < 1.29 is 4.79 Å². The van der Waals surface area contributed by atoms with Gasteiger partial charge in [-0.05, 0) is 24.6 Å². The number of carbonyl (C=O) groups is 1.